The van der Waals surface area contributed by atoms with Crippen LogP contribution in [0.3, 0.4) is 0 Å². The summed E-state index contributed by atoms with van der Waals surface area (Å²) >= 11 is 0. The molecule has 4 aromatic rings. The van der Waals surface area contributed by atoms with Crippen molar-refractivity contribution in [1.29, 1.82) is 0 Å². The van der Waals surface area contributed by atoms with Gasteiger partial charge in [0.1, 0.15) is 5.69 Å². The van der Waals surface area contributed by atoms with Gasteiger partial charge in [0, 0.05) is 48.7 Å². The molecule has 1 amide bonds. The van der Waals surface area contributed by atoms with E-state index < -0.39 is 0 Å². The first kappa shape index (κ1) is 18.4. The van der Waals surface area contributed by atoms with E-state index in [9.17, 15) is 4.79 Å². The topological polar surface area (TPSA) is 107 Å². The van der Waals surface area contributed by atoms with E-state index in [-0.39, 0.29) is 11.6 Å². The molecule has 0 aliphatic heterocycles. The number of carbonyl (C=O) groups is 1. The van der Waals surface area contributed by atoms with Crippen LogP contribution in [-0.4, -0.2) is 31.0 Å². The zero-order chi connectivity index (χ0) is 20.2. The molecule has 1 N–H and O–H groups in total. The average molecular weight is 386 g/mol. The van der Waals surface area contributed by atoms with E-state index in [1.165, 1.54) is 6.07 Å². The van der Waals surface area contributed by atoms with Gasteiger partial charge >= 0.3 is 0 Å². The number of pyridine rings is 2. The van der Waals surface area contributed by atoms with Crippen LogP contribution in [0.15, 0.2) is 59.8 Å². The monoisotopic (exact) mass is 386 g/mol. The third-order valence-corrected chi connectivity index (χ3v) is 4.32. The highest BCUT2D eigenvalue weighted by Crippen LogP contribution is 2.22. The molecule has 0 unspecified atom stereocenters. The van der Waals surface area contributed by atoms with E-state index in [0.29, 0.717) is 18.0 Å². The van der Waals surface area contributed by atoms with Crippen LogP contribution in [0, 0.1) is 13.8 Å². The molecule has 0 spiro atoms. The minimum atomic E-state index is -0.338. The van der Waals surface area contributed by atoms with E-state index >= 15 is 0 Å². The number of carbonyl (C=O) groups excluding carboxylic acids is 1. The first-order chi connectivity index (χ1) is 14.1. The predicted molar refractivity (Wildman–Crippen MR) is 106 cm³/mol. The van der Waals surface area contributed by atoms with Crippen molar-refractivity contribution in [1.82, 2.24) is 30.4 Å². The molecule has 0 saturated carbocycles. The summed E-state index contributed by atoms with van der Waals surface area (Å²) in [6.07, 6.45) is 8.18. The third-order valence-electron chi connectivity index (χ3n) is 4.32. The van der Waals surface area contributed by atoms with Gasteiger partial charge in [0.25, 0.3) is 5.91 Å². The number of nitrogens with one attached hydrogen (secondary N) is 1. The Balaban J connectivity index is 1.43. The second-order valence-corrected chi connectivity index (χ2v) is 6.54. The van der Waals surface area contributed by atoms with E-state index in [4.69, 9.17) is 4.52 Å². The maximum absolute atomic E-state index is 12.4. The molecule has 0 radical (unpaired) electrons. The van der Waals surface area contributed by atoms with Crippen LogP contribution < -0.4 is 5.32 Å². The number of amides is 1. The smallest absolute Gasteiger partial charge is 0.273 e. The highest BCUT2D eigenvalue weighted by atomic mass is 16.5. The second kappa shape index (κ2) is 7.97. The predicted octanol–water partition coefficient (Wildman–Crippen LogP) is 3.14. The number of aryl methyl sites for hydroxylation is 2. The summed E-state index contributed by atoms with van der Waals surface area (Å²) in [6, 6.07) is 7.48. The fraction of sp³-hybridized carbons (Fsp3) is 0.143. The molecule has 4 aromatic heterocycles. The summed E-state index contributed by atoms with van der Waals surface area (Å²) < 4.78 is 5.19. The van der Waals surface area contributed by atoms with Crippen molar-refractivity contribution >= 4 is 5.91 Å². The highest BCUT2D eigenvalue weighted by Gasteiger charge is 2.14. The fourth-order valence-corrected chi connectivity index (χ4v) is 2.93. The molecule has 0 atom stereocenters. The van der Waals surface area contributed by atoms with Gasteiger partial charge in [-0.25, -0.2) is 4.98 Å². The molecule has 0 saturated heterocycles. The van der Waals surface area contributed by atoms with Crippen LogP contribution in [0.5, 0.6) is 0 Å². The summed E-state index contributed by atoms with van der Waals surface area (Å²) in [5.41, 5.74) is 5.46. The van der Waals surface area contributed by atoms with Gasteiger partial charge in [0.15, 0.2) is 11.5 Å². The van der Waals surface area contributed by atoms with Gasteiger partial charge in [0.05, 0.1) is 11.9 Å². The lowest BCUT2D eigenvalue weighted by Crippen LogP contribution is -2.23. The molecular weight excluding hydrogens is 368 g/mol. The maximum atomic E-state index is 12.4. The lowest BCUT2D eigenvalue weighted by molar-refractivity contribution is 0.0942. The Morgan fingerprint density at radius 3 is 2.69 bits per heavy atom. The molecule has 0 aliphatic rings. The van der Waals surface area contributed by atoms with Crippen LogP contribution in [0.1, 0.15) is 27.3 Å². The summed E-state index contributed by atoms with van der Waals surface area (Å²) in [4.78, 5) is 29.2. The average Bonchev–Trinajstić information content (AvgIpc) is 3.23. The maximum Gasteiger partial charge on any atom is 0.273 e. The van der Waals surface area contributed by atoms with Crippen LogP contribution in [0.4, 0.5) is 0 Å². The van der Waals surface area contributed by atoms with Crippen LogP contribution in [-0.2, 0) is 6.54 Å². The lowest BCUT2D eigenvalue weighted by Gasteiger charge is -2.09. The van der Waals surface area contributed by atoms with E-state index in [0.717, 1.165) is 28.1 Å². The molecule has 144 valence electrons. The minimum absolute atomic E-state index is 0.180. The van der Waals surface area contributed by atoms with Crippen molar-refractivity contribution in [3.63, 3.8) is 0 Å². The number of rotatable bonds is 5. The van der Waals surface area contributed by atoms with Gasteiger partial charge in [-0.1, -0.05) is 11.2 Å². The molecule has 0 bridgehead atoms. The Morgan fingerprint density at radius 2 is 1.93 bits per heavy atom. The first-order valence-corrected chi connectivity index (χ1v) is 9.00. The third kappa shape index (κ3) is 4.16. The Hall–Kier alpha value is -3.94. The quantitative estimate of drug-likeness (QED) is 0.561. The summed E-state index contributed by atoms with van der Waals surface area (Å²) in [7, 11) is 0. The van der Waals surface area contributed by atoms with Crippen molar-refractivity contribution < 1.29 is 9.32 Å². The molecule has 8 heteroatoms. The van der Waals surface area contributed by atoms with Crippen LogP contribution in [0.25, 0.3) is 22.7 Å². The molecule has 0 fully saturated rings. The van der Waals surface area contributed by atoms with Gasteiger partial charge in [-0.2, -0.15) is 0 Å². The van der Waals surface area contributed by atoms with Gasteiger partial charge in [0.2, 0.25) is 0 Å². The number of aromatic nitrogens is 5. The zero-order valence-electron chi connectivity index (χ0n) is 16.0. The van der Waals surface area contributed by atoms with E-state index in [1.807, 2.05) is 32.0 Å². The number of hydrogen-bond acceptors (Lipinski definition) is 7. The Morgan fingerprint density at radius 1 is 1.03 bits per heavy atom. The Labute approximate surface area is 167 Å². The largest absolute Gasteiger partial charge is 0.354 e. The normalized spacial score (nSPS) is 10.7. The van der Waals surface area contributed by atoms with Crippen molar-refractivity contribution in [3.05, 3.63) is 77.8 Å². The number of nitrogens with zero attached hydrogens (tertiary/aromatic N) is 5. The van der Waals surface area contributed by atoms with E-state index in [2.05, 4.69) is 30.4 Å². The van der Waals surface area contributed by atoms with Gasteiger partial charge in [-0.15, -0.1) is 0 Å². The Kier molecular flexibility index (Phi) is 5.07. The zero-order valence-corrected chi connectivity index (χ0v) is 16.0. The standard InChI is InChI=1S/C21H18N6O2/c1-13-7-15(10-25-20(13)16-3-4-23-14(2)8-16)11-26-21(28)17-9-19(29-27-17)18-12-22-5-6-24-18/h3-10,12H,11H2,1-2H3,(H,26,28). The summed E-state index contributed by atoms with van der Waals surface area (Å²) in [6.45, 7) is 4.27. The van der Waals surface area contributed by atoms with Crippen molar-refractivity contribution in [2.75, 3.05) is 0 Å². The van der Waals surface area contributed by atoms with Gasteiger partial charge < -0.3 is 9.84 Å². The molecule has 0 aromatic carbocycles. The lowest BCUT2D eigenvalue weighted by atomic mass is 10.1. The van der Waals surface area contributed by atoms with Crippen molar-refractivity contribution in [2.24, 2.45) is 0 Å². The second-order valence-electron chi connectivity index (χ2n) is 6.54. The molecule has 29 heavy (non-hydrogen) atoms. The summed E-state index contributed by atoms with van der Waals surface area (Å²) in [5.74, 6) is 0.0492. The molecule has 0 aliphatic carbocycles. The first-order valence-electron chi connectivity index (χ1n) is 9.00. The molecule has 4 rings (SSSR count). The van der Waals surface area contributed by atoms with Gasteiger partial charge in [-0.05, 0) is 37.1 Å². The highest BCUT2D eigenvalue weighted by molar-refractivity contribution is 5.92. The molecule has 4 heterocycles. The van der Waals surface area contributed by atoms with Crippen molar-refractivity contribution in [2.45, 2.75) is 20.4 Å². The molecular formula is C21H18N6O2. The SMILES string of the molecule is Cc1cc(-c2ncc(CNC(=O)c3cc(-c4cnccn4)on3)cc2C)ccn1. The van der Waals surface area contributed by atoms with Crippen LogP contribution >= 0.6 is 0 Å². The van der Waals surface area contributed by atoms with Crippen molar-refractivity contribution in [3.8, 4) is 22.7 Å². The van der Waals surface area contributed by atoms with Gasteiger partial charge in [-0.3, -0.25) is 19.7 Å². The number of hydrogen-bond donors (Lipinski definition) is 1. The summed E-state index contributed by atoms with van der Waals surface area (Å²) in [5, 5.41) is 6.64. The fourth-order valence-electron chi connectivity index (χ4n) is 2.93. The molecule has 8 nitrogen and oxygen atoms in total. The van der Waals surface area contributed by atoms with Crippen LogP contribution in [0.2, 0.25) is 0 Å². The van der Waals surface area contributed by atoms with E-state index in [1.54, 1.807) is 31.0 Å². The minimum Gasteiger partial charge on any atom is -0.354 e. The Bertz CT molecular complexity index is 1160.